The van der Waals surface area contributed by atoms with Crippen LogP contribution in [0, 0.1) is 23.0 Å². The zero-order chi connectivity index (χ0) is 22.0. The van der Waals surface area contributed by atoms with Gasteiger partial charge in [0.2, 0.25) is 0 Å². The summed E-state index contributed by atoms with van der Waals surface area (Å²) in [5.41, 5.74) is 0.0323. The molecule has 30 heavy (non-hydrogen) atoms. The number of benzene rings is 2. The molecule has 0 radical (unpaired) electrons. The van der Waals surface area contributed by atoms with E-state index in [9.17, 15) is 36.3 Å². The second-order valence-corrected chi connectivity index (χ2v) is 9.72. The fraction of sp³-hybridized carbons (Fsp3) is 0.381. The minimum atomic E-state index is -4.11. The monoisotopic (exact) mass is 439 g/mol. The number of nitrogens with zero attached hydrogens (tertiary/aromatic N) is 1. The Morgan fingerprint density at radius 3 is 2.43 bits per heavy atom. The number of rotatable bonds is 2. The molecule has 0 heterocycles. The summed E-state index contributed by atoms with van der Waals surface area (Å²) in [6, 6.07) is 4.73. The molecule has 0 amide bonds. The van der Waals surface area contributed by atoms with Gasteiger partial charge in [-0.2, -0.15) is 5.26 Å². The molecule has 0 aromatic heterocycles. The van der Waals surface area contributed by atoms with Crippen molar-refractivity contribution in [3.63, 3.8) is 0 Å². The predicted molar refractivity (Wildman–Crippen MR) is 99.1 cm³/mol. The standard InChI is InChI=1S/C21H17F4NO3S/c1-30(28,29)21-17(25)6-12(13-7-16(24)20(27)19(13)21)11-2-3-15(23)14-5-10(22)4-9(8-26)18(11)14/h4-6,11,15-16,20,27H,2-3,7H2,1H3/t11?,15-,16+,20+/m0/s1. The van der Waals surface area contributed by atoms with Gasteiger partial charge in [0.1, 0.15) is 35.0 Å². The highest BCUT2D eigenvalue weighted by Gasteiger charge is 2.42. The molecule has 4 nitrogen and oxygen atoms in total. The van der Waals surface area contributed by atoms with E-state index in [1.165, 1.54) is 0 Å². The van der Waals surface area contributed by atoms with Crippen LogP contribution in [0.1, 0.15) is 64.4 Å². The highest BCUT2D eigenvalue weighted by atomic mass is 32.2. The van der Waals surface area contributed by atoms with Crippen molar-refractivity contribution in [2.24, 2.45) is 0 Å². The van der Waals surface area contributed by atoms with Crippen LogP contribution in [0.25, 0.3) is 0 Å². The van der Waals surface area contributed by atoms with Gasteiger partial charge in [-0.15, -0.1) is 0 Å². The van der Waals surface area contributed by atoms with Crippen molar-refractivity contribution >= 4 is 9.84 Å². The van der Waals surface area contributed by atoms with Gasteiger partial charge in [0.05, 0.1) is 11.6 Å². The number of aliphatic hydroxyl groups excluding tert-OH is 1. The number of hydrogen-bond acceptors (Lipinski definition) is 4. The topological polar surface area (TPSA) is 78.2 Å². The van der Waals surface area contributed by atoms with Gasteiger partial charge >= 0.3 is 0 Å². The largest absolute Gasteiger partial charge is 0.385 e. The van der Waals surface area contributed by atoms with Gasteiger partial charge in [-0.05, 0) is 53.3 Å². The third-order valence-corrected chi connectivity index (χ3v) is 7.05. The second kappa shape index (κ2) is 7.06. The van der Waals surface area contributed by atoms with Gasteiger partial charge in [0.15, 0.2) is 9.84 Å². The molecule has 0 spiro atoms. The summed E-state index contributed by atoms with van der Waals surface area (Å²) >= 11 is 0. The van der Waals surface area contributed by atoms with E-state index < -0.39 is 50.7 Å². The Kier molecular flexibility index (Phi) is 4.90. The minimum absolute atomic E-state index is 0.0282. The van der Waals surface area contributed by atoms with Crippen molar-refractivity contribution in [3.05, 3.63) is 63.2 Å². The maximum atomic E-state index is 14.9. The van der Waals surface area contributed by atoms with E-state index in [0.717, 1.165) is 24.5 Å². The Bertz CT molecular complexity index is 1210. The van der Waals surface area contributed by atoms with E-state index in [0.29, 0.717) is 0 Å². The molecule has 0 fully saturated rings. The first-order chi connectivity index (χ1) is 14.0. The third-order valence-electron chi connectivity index (χ3n) is 5.89. The van der Waals surface area contributed by atoms with Crippen LogP contribution in [0.15, 0.2) is 23.1 Å². The molecule has 158 valence electrons. The Morgan fingerprint density at radius 2 is 1.80 bits per heavy atom. The van der Waals surface area contributed by atoms with Gasteiger partial charge < -0.3 is 5.11 Å². The fourth-order valence-electron chi connectivity index (χ4n) is 4.73. The Labute approximate surface area is 170 Å². The van der Waals surface area contributed by atoms with Crippen molar-refractivity contribution in [2.45, 2.75) is 48.5 Å². The van der Waals surface area contributed by atoms with E-state index >= 15 is 0 Å². The molecular formula is C21H17F4NO3S. The normalized spacial score (nSPS) is 25.5. The van der Waals surface area contributed by atoms with Crippen molar-refractivity contribution < 1.29 is 31.1 Å². The van der Waals surface area contributed by atoms with Crippen LogP contribution in [0.2, 0.25) is 0 Å². The molecule has 0 saturated carbocycles. The number of fused-ring (bicyclic) bond motifs is 2. The van der Waals surface area contributed by atoms with Gasteiger partial charge in [0.25, 0.3) is 0 Å². The van der Waals surface area contributed by atoms with Crippen LogP contribution in [-0.2, 0) is 16.3 Å². The van der Waals surface area contributed by atoms with Gasteiger partial charge in [-0.25, -0.2) is 26.0 Å². The molecule has 2 aliphatic carbocycles. The van der Waals surface area contributed by atoms with E-state index in [2.05, 4.69) is 0 Å². The van der Waals surface area contributed by atoms with Gasteiger partial charge in [0, 0.05) is 24.2 Å². The fourth-order valence-corrected chi connectivity index (χ4v) is 5.79. The molecule has 2 aliphatic rings. The lowest BCUT2D eigenvalue weighted by atomic mass is 9.74. The maximum Gasteiger partial charge on any atom is 0.178 e. The molecule has 4 atom stereocenters. The maximum absolute atomic E-state index is 14.9. The quantitative estimate of drug-likeness (QED) is 0.715. The number of aliphatic hydroxyl groups is 1. The molecule has 0 aliphatic heterocycles. The summed E-state index contributed by atoms with van der Waals surface area (Å²) in [6.45, 7) is 0. The van der Waals surface area contributed by atoms with E-state index in [1.807, 2.05) is 6.07 Å². The number of nitriles is 1. The molecule has 2 aromatic carbocycles. The first-order valence-corrected chi connectivity index (χ1v) is 11.2. The van der Waals surface area contributed by atoms with Crippen molar-refractivity contribution in [3.8, 4) is 6.07 Å². The zero-order valence-corrected chi connectivity index (χ0v) is 16.6. The lowest BCUT2D eigenvalue weighted by Crippen LogP contribution is -2.18. The van der Waals surface area contributed by atoms with Crippen LogP contribution in [0.5, 0.6) is 0 Å². The average Bonchev–Trinajstić information content (AvgIpc) is 2.95. The van der Waals surface area contributed by atoms with Crippen LogP contribution in [0.4, 0.5) is 17.6 Å². The molecule has 2 aromatic rings. The van der Waals surface area contributed by atoms with Crippen molar-refractivity contribution in [2.75, 3.05) is 6.26 Å². The summed E-state index contributed by atoms with van der Waals surface area (Å²) in [6.07, 6.45) is -4.65. The summed E-state index contributed by atoms with van der Waals surface area (Å²) in [5.74, 6) is -2.70. The Balaban J connectivity index is 2.03. The highest BCUT2D eigenvalue weighted by molar-refractivity contribution is 7.90. The van der Waals surface area contributed by atoms with Gasteiger partial charge in [-0.3, -0.25) is 0 Å². The van der Waals surface area contributed by atoms with Crippen LogP contribution in [-0.4, -0.2) is 26.0 Å². The number of hydrogen-bond donors (Lipinski definition) is 1. The zero-order valence-electron chi connectivity index (χ0n) is 15.8. The smallest absolute Gasteiger partial charge is 0.178 e. The molecule has 0 saturated heterocycles. The summed E-state index contributed by atoms with van der Waals surface area (Å²) in [4.78, 5) is -0.757. The lowest BCUT2D eigenvalue weighted by molar-refractivity contribution is 0.0903. The second-order valence-electron chi connectivity index (χ2n) is 7.77. The van der Waals surface area contributed by atoms with Crippen LogP contribution < -0.4 is 0 Å². The predicted octanol–water partition coefficient (Wildman–Crippen LogP) is 4.10. The average molecular weight is 439 g/mol. The van der Waals surface area contributed by atoms with E-state index in [1.54, 1.807) is 0 Å². The first kappa shape index (κ1) is 20.8. The van der Waals surface area contributed by atoms with E-state index in [-0.39, 0.29) is 52.6 Å². The van der Waals surface area contributed by atoms with Crippen molar-refractivity contribution in [1.82, 2.24) is 0 Å². The molecule has 1 N–H and O–H groups in total. The first-order valence-electron chi connectivity index (χ1n) is 9.29. The van der Waals surface area contributed by atoms with Gasteiger partial charge in [-0.1, -0.05) is 0 Å². The Hall–Kier alpha value is -2.44. The SMILES string of the molecule is CS(=O)(=O)c1c(F)cc(C2CC[C@H](F)c3cc(F)cc(C#N)c32)c2c1[C@H](O)[C@H](F)C2. The molecule has 1 unspecified atom stereocenters. The molecule has 4 rings (SSSR count). The van der Waals surface area contributed by atoms with Crippen LogP contribution in [0.3, 0.4) is 0 Å². The van der Waals surface area contributed by atoms with Crippen molar-refractivity contribution in [1.29, 1.82) is 5.26 Å². The number of sulfone groups is 1. The summed E-state index contributed by atoms with van der Waals surface area (Å²) < 4.78 is 82.0. The molecule has 9 heteroatoms. The van der Waals surface area contributed by atoms with E-state index in [4.69, 9.17) is 0 Å². The Morgan fingerprint density at radius 1 is 1.10 bits per heavy atom. The third kappa shape index (κ3) is 3.10. The minimum Gasteiger partial charge on any atom is -0.385 e. The number of alkyl halides is 2. The number of halogens is 4. The molecule has 0 bridgehead atoms. The summed E-state index contributed by atoms with van der Waals surface area (Å²) in [5, 5.41) is 19.7. The summed E-state index contributed by atoms with van der Waals surface area (Å²) in [7, 11) is -4.11. The lowest BCUT2D eigenvalue weighted by Gasteiger charge is -2.31. The van der Waals surface area contributed by atoms with Crippen LogP contribution >= 0.6 is 0 Å². The molecular weight excluding hydrogens is 422 g/mol. The highest BCUT2D eigenvalue weighted by Crippen LogP contribution is 2.49.